The minimum atomic E-state index is -0.396. The normalized spacial score (nSPS) is 11.9. The Hall–Kier alpha value is -2.82. The van der Waals surface area contributed by atoms with E-state index in [1.807, 2.05) is 49.4 Å². The van der Waals surface area contributed by atoms with Crippen LogP contribution in [0.2, 0.25) is 0 Å². The van der Waals surface area contributed by atoms with Crippen LogP contribution in [0.4, 0.5) is 10.5 Å². The zero-order chi connectivity index (χ0) is 16.5. The summed E-state index contributed by atoms with van der Waals surface area (Å²) in [7, 11) is 0. The Bertz CT molecular complexity index is 656. The number of para-hydroxylation sites is 2. The molecule has 2 N–H and O–H groups in total. The van der Waals surface area contributed by atoms with E-state index in [0.29, 0.717) is 5.69 Å². The summed E-state index contributed by atoms with van der Waals surface area (Å²) in [5.74, 6) is 0.746. The van der Waals surface area contributed by atoms with Crippen molar-refractivity contribution in [3.63, 3.8) is 0 Å². The Morgan fingerprint density at radius 2 is 1.87 bits per heavy atom. The van der Waals surface area contributed by atoms with Crippen molar-refractivity contribution in [2.75, 3.05) is 5.32 Å². The maximum absolute atomic E-state index is 11.7. The number of nitrogens with one attached hydrogen (secondary N) is 2. The van der Waals surface area contributed by atoms with Crippen molar-refractivity contribution < 1.29 is 9.53 Å². The first-order chi connectivity index (χ1) is 11.2. The van der Waals surface area contributed by atoms with Crippen LogP contribution in [-0.4, -0.2) is 18.3 Å². The van der Waals surface area contributed by atoms with Crippen molar-refractivity contribution in [3.8, 4) is 5.75 Å². The fraction of sp³-hybridized carbons (Fsp3) is 0.222. The van der Waals surface area contributed by atoms with Crippen LogP contribution in [0.25, 0.3) is 0 Å². The number of hydrogen-bond acceptors (Lipinski definition) is 3. The van der Waals surface area contributed by atoms with Gasteiger partial charge < -0.3 is 10.1 Å². The van der Waals surface area contributed by atoms with Crippen LogP contribution in [-0.2, 0) is 0 Å². The van der Waals surface area contributed by atoms with Crippen molar-refractivity contribution in [1.82, 2.24) is 5.43 Å². The number of rotatable bonds is 6. The van der Waals surface area contributed by atoms with Crippen molar-refractivity contribution in [3.05, 3.63) is 60.2 Å². The molecule has 120 valence electrons. The Kier molecular flexibility index (Phi) is 6.17. The molecule has 0 aliphatic heterocycles. The molecule has 0 aliphatic carbocycles. The van der Waals surface area contributed by atoms with Gasteiger partial charge >= 0.3 is 6.03 Å². The van der Waals surface area contributed by atoms with Gasteiger partial charge in [-0.2, -0.15) is 5.10 Å². The number of amides is 2. The van der Waals surface area contributed by atoms with Gasteiger partial charge in [-0.05, 0) is 37.6 Å². The summed E-state index contributed by atoms with van der Waals surface area (Å²) in [6.07, 6.45) is 2.62. The highest BCUT2D eigenvalue weighted by atomic mass is 16.5. The molecule has 0 fully saturated rings. The summed E-state index contributed by atoms with van der Waals surface area (Å²) in [5, 5.41) is 6.65. The van der Waals surface area contributed by atoms with Gasteiger partial charge in [-0.1, -0.05) is 37.3 Å². The third kappa shape index (κ3) is 5.47. The van der Waals surface area contributed by atoms with Gasteiger partial charge in [-0.3, -0.25) is 0 Å². The summed E-state index contributed by atoms with van der Waals surface area (Å²) in [4.78, 5) is 11.7. The lowest BCUT2D eigenvalue weighted by Gasteiger charge is -2.14. The van der Waals surface area contributed by atoms with E-state index in [9.17, 15) is 4.79 Å². The summed E-state index contributed by atoms with van der Waals surface area (Å²) >= 11 is 0. The molecule has 0 unspecified atom stereocenters. The number of carbonyl (C=O) groups excluding carboxylic acids is 1. The molecule has 23 heavy (non-hydrogen) atoms. The molecule has 2 amide bonds. The first kappa shape index (κ1) is 16.5. The van der Waals surface area contributed by atoms with Crippen LogP contribution in [0.15, 0.2) is 59.7 Å². The van der Waals surface area contributed by atoms with Gasteiger partial charge in [-0.25, -0.2) is 10.2 Å². The lowest BCUT2D eigenvalue weighted by atomic mass is 10.2. The molecule has 5 nitrogen and oxygen atoms in total. The number of urea groups is 1. The number of carbonyl (C=O) groups is 1. The molecule has 2 aromatic carbocycles. The summed E-state index contributed by atoms with van der Waals surface area (Å²) in [6.45, 7) is 4.08. The molecule has 0 saturated heterocycles. The smallest absolute Gasteiger partial charge is 0.339 e. The molecular weight excluding hydrogens is 290 g/mol. The highest BCUT2D eigenvalue weighted by Crippen LogP contribution is 2.18. The van der Waals surface area contributed by atoms with E-state index >= 15 is 0 Å². The monoisotopic (exact) mass is 311 g/mol. The molecule has 0 aliphatic rings. The van der Waals surface area contributed by atoms with E-state index in [4.69, 9.17) is 4.74 Å². The average Bonchev–Trinajstić information content (AvgIpc) is 2.57. The Labute approximate surface area is 136 Å². The van der Waals surface area contributed by atoms with E-state index in [-0.39, 0.29) is 6.10 Å². The van der Waals surface area contributed by atoms with Gasteiger partial charge in [0.2, 0.25) is 0 Å². The summed E-state index contributed by atoms with van der Waals surface area (Å²) in [6, 6.07) is 16.4. The second-order valence-electron chi connectivity index (χ2n) is 5.06. The highest BCUT2D eigenvalue weighted by molar-refractivity contribution is 5.90. The van der Waals surface area contributed by atoms with E-state index in [2.05, 4.69) is 22.8 Å². The molecule has 0 radical (unpaired) electrons. The largest absolute Gasteiger partial charge is 0.490 e. The number of anilines is 1. The zero-order valence-corrected chi connectivity index (χ0v) is 13.3. The number of benzene rings is 2. The number of hydrogen-bond donors (Lipinski definition) is 2. The lowest BCUT2D eigenvalue weighted by Crippen LogP contribution is -2.24. The van der Waals surface area contributed by atoms with Gasteiger partial charge in [-0.15, -0.1) is 0 Å². The van der Waals surface area contributed by atoms with Crippen LogP contribution in [0.3, 0.4) is 0 Å². The predicted molar refractivity (Wildman–Crippen MR) is 93.0 cm³/mol. The quantitative estimate of drug-likeness (QED) is 0.625. The predicted octanol–water partition coefficient (Wildman–Crippen LogP) is 4.02. The van der Waals surface area contributed by atoms with Crippen LogP contribution in [0, 0.1) is 0 Å². The first-order valence-corrected chi connectivity index (χ1v) is 7.60. The summed E-state index contributed by atoms with van der Waals surface area (Å²) < 4.78 is 5.83. The van der Waals surface area contributed by atoms with Gasteiger partial charge in [0.25, 0.3) is 0 Å². The van der Waals surface area contributed by atoms with Gasteiger partial charge in [0.05, 0.1) is 12.3 Å². The van der Waals surface area contributed by atoms with Crippen LogP contribution >= 0.6 is 0 Å². The average molecular weight is 311 g/mol. The highest BCUT2D eigenvalue weighted by Gasteiger charge is 2.05. The molecule has 0 saturated carbocycles. The second kappa shape index (κ2) is 8.58. The number of hydrazone groups is 1. The molecule has 0 aromatic heterocycles. The maximum atomic E-state index is 11.7. The second-order valence-corrected chi connectivity index (χ2v) is 5.06. The molecule has 2 rings (SSSR count). The van der Waals surface area contributed by atoms with Crippen molar-refractivity contribution in [1.29, 1.82) is 0 Å². The molecule has 5 heteroatoms. The van der Waals surface area contributed by atoms with Crippen molar-refractivity contribution >= 4 is 17.9 Å². The number of ether oxygens (including phenoxy) is 1. The minimum Gasteiger partial charge on any atom is -0.490 e. The zero-order valence-electron chi connectivity index (χ0n) is 13.3. The first-order valence-electron chi connectivity index (χ1n) is 7.60. The van der Waals surface area contributed by atoms with Crippen LogP contribution in [0.5, 0.6) is 5.75 Å². The van der Waals surface area contributed by atoms with Gasteiger partial charge in [0.15, 0.2) is 0 Å². The maximum Gasteiger partial charge on any atom is 0.339 e. The molecule has 0 spiro atoms. The lowest BCUT2D eigenvalue weighted by molar-refractivity contribution is 0.217. The van der Waals surface area contributed by atoms with E-state index in [1.165, 1.54) is 0 Å². The third-order valence-electron chi connectivity index (χ3n) is 3.22. The third-order valence-corrected chi connectivity index (χ3v) is 3.22. The molecule has 0 bridgehead atoms. The number of nitrogens with zero attached hydrogens (tertiary/aromatic N) is 1. The van der Waals surface area contributed by atoms with Crippen molar-refractivity contribution in [2.45, 2.75) is 26.4 Å². The Morgan fingerprint density at radius 1 is 1.17 bits per heavy atom. The topological polar surface area (TPSA) is 62.7 Å². The molecule has 1 atom stereocenters. The van der Waals surface area contributed by atoms with Gasteiger partial charge in [0.1, 0.15) is 5.75 Å². The van der Waals surface area contributed by atoms with Gasteiger partial charge in [0, 0.05) is 11.3 Å². The van der Waals surface area contributed by atoms with Crippen LogP contribution in [0.1, 0.15) is 25.8 Å². The van der Waals surface area contributed by atoms with E-state index < -0.39 is 6.03 Å². The molecule has 2 aromatic rings. The standard InChI is InChI=1S/C18H21N3O2/c1-3-14(2)23-17-12-8-7-9-15(17)13-19-21-18(22)20-16-10-5-4-6-11-16/h4-14H,3H2,1-2H3,(H2,20,21,22)/b19-13-/t14-/m1/s1. The SMILES string of the molecule is CC[C@@H](C)Oc1ccccc1/C=N\NC(=O)Nc1ccccc1. The van der Waals surface area contributed by atoms with E-state index in [0.717, 1.165) is 17.7 Å². The van der Waals surface area contributed by atoms with E-state index in [1.54, 1.807) is 18.3 Å². The summed E-state index contributed by atoms with van der Waals surface area (Å²) in [5.41, 5.74) is 3.96. The minimum absolute atomic E-state index is 0.124. The Morgan fingerprint density at radius 3 is 2.61 bits per heavy atom. The fourth-order valence-electron chi connectivity index (χ4n) is 1.84. The Balaban J connectivity index is 1.94. The van der Waals surface area contributed by atoms with Crippen molar-refractivity contribution in [2.24, 2.45) is 5.10 Å². The van der Waals surface area contributed by atoms with Crippen LogP contribution < -0.4 is 15.5 Å². The fourth-order valence-corrected chi connectivity index (χ4v) is 1.84. The molecule has 0 heterocycles. The molecular formula is C18H21N3O2.